The van der Waals surface area contributed by atoms with E-state index in [2.05, 4.69) is 4.72 Å². The van der Waals surface area contributed by atoms with Crippen LogP contribution in [0.25, 0.3) is 0 Å². The first-order valence-corrected chi connectivity index (χ1v) is 7.52. The average Bonchev–Trinajstić information content (AvgIpc) is 2.22. The number of hydrogen-bond donors (Lipinski definition) is 2. The van der Waals surface area contributed by atoms with Crippen LogP contribution in [0.4, 0.5) is 5.69 Å². The van der Waals surface area contributed by atoms with E-state index < -0.39 is 10.0 Å². The SMILES string of the molecule is Cc1cc(N)c(C)c(S(=O)(=O)NC(C)C(C)C)c1. The molecule has 0 aliphatic heterocycles. The molecule has 1 aromatic rings. The van der Waals surface area contributed by atoms with Gasteiger partial charge in [-0.2, -0.15) is 0 Å². The molecule has 102 valence electrons. The molecule has 0 bridgehead atoms. The summed E-state index contributed by atoms with van der Waals surface area (Å²) in [4.78, 5) is 0.271. The van der Waals surface area contributed by atoms with E-state index in [-0.39, 0.29) is 16.9 Å². The molecule has 3 N–H and O–H groups in total. The molecule has 18 heavy (non-hydrogen) atoms. The summed E-state index contributed by atoms with van der Waals surface area (Å²) in [5, 5.41) is 0. The van der Waals surface area contributed by atoms with Gasteiger partial charge in [0.25, 0.3) is 0 Å². The molecule has 0 radical (unpaired) electrons. The maximum atomic E-state index is 12.3. The van der Waals surface area contributed by atoms with Crippen molar-refractivity contribution in [2.75, 3.05) is 5.73 Å². The van der Waals surface area contributed by atoms with Crippen molar-refractivity contribution in [2.24, 2.45) is 5.92 Å². The Labute approximate surface area is 110 Å². The van der Waals surface area contributed by atoms with Gasteiger partial charge >= 0.3 is 0 Å². The van der Waals surface area contributed by atoms with Crippen LogP contribution in [0, 0.1) is 19.8 Å². The van der Waals surface area contributed by atoms with Gasteiger partial charge in [0.2, 0.25) is 10.0 Å². The van der Waals surface area contributed by atoms with Crippen LogP contribution in [0.2, 0.25) is 0 Å². The van der Waals surface area contributed by atoms with Gasteiger partial charge in [-0.15, -0.1) is 0 Å². The smallest absolute Gasteiger partial charge is 0.241 e. The minimum Gasteiger partial charge on any atom is -0.398 e. The van der Waals surface area contributed by atoms with Crippen LogP contribution in [0.3, 0.4) is 0 Å². The summed E-state index contributed by atoms with van der Waals surface area (Å²) < 4.78 is 27.3. The Morgan fingerprint density at radius 2 is 1.72 bits per heavy atom. The molecule has 1 aromatic carbocycles. The fourth-order valence-electron chi connectivity index (χ4n) is 1.58. The standard InChI is InChI=1S/C13H22N2O2S/c1-8(2)11(5)15-18(16,17)13-7-9(3)6-12(14)10(13)4/h6-8,11,15H,14H2,1-5H3. The molecule has 1 rings (SSSR count). The van der Waals surface area contributed by atoms with Crippen LogP contribution in [0.5, 0.6) is 0 Å². The Kier molecular flexibility index (Phi) is 4.40. The first-order chi connectivity index (χ1) is 8.15. The van der Waals surface area contributed by atoms with Gasteiger partial charge in [-0.3, -0.25) is 0 Å². The number of rotatable bonds is 4. The zero-order valence-electron chi connectivity index (χ0n) is 11.6. The van der Waals surface area contributed by atoms with Gasteiger partial charge in [0.15, 0.2) is 0 Å². The van der Waals surface area contributed by atoms with Crippen molar-refractivity contribution in [3.05, 3.63) is 23.3 Å². The van der Waals surface area contributed by atoms with Crippen molar-refractivity contribution in [1.29, 1.82) is 0 Å². The highest BCUT2D eigenvalue weighted by Crippen LogP contribution is 2.23. The van der Waals surface area contributed by atoms with Crippen molar-refractivity contribution in [3.63, 3.8) is 0 Å². The van der Waals surface area contributed by atoms with Crippen molar-refractivity contribution >= 4 is 15.7 Å². The third kappa shape index (κ3) is 3.23. The van der Waals surface area contributed by atoms with Gasteiger partial charge in [0.1, 0.15) is 0 Å². The van der Waals surface area contributed by atoms with Gasteiger partial charge < -0.3 is 5.73 Å². The van der Waals surface area contributed by atoms with Crippen molar-refractivity contribution < 1.29 is 8.42 Å². The molecule has 0 saturated carbocycles. The zero-order valence-corrected chi connectivity index (χ0v) is 12.4. The molecule has 0 amide bonds. The molecular formula is C13H22N2O2S. The summed E-state index contributed by atoms with van der Waals surface area (Å²) in [7, 11) is -3.51. The summed E-state index contributed by atoms with van der Waals surface area (Å²) in [5.41, 5.74) is 7.77. The van der Waals surface area contributed by atoms with E-state index in [0.29, 0.717) is 11.3 Å². The highest BCUT2D eigenvalue weighted by molar-refractivity contribution is 7.89. The molecule has 1 atom stereocenters. The van der Waals surface area contributed by atoms with Gasteiger partial charge in [-0.05, 0) is 49.9 Å². The quantitative estimate of drug-likeness (QED) is 0.824. The minimum atomic E-state index is -3.51. The van der Waals surface area contributed by atoms with Gasteiger partial charge in [-0.25, -0.2) is 13.1 Å². The van der Waals surface area contributed by atoms with E-state index in [1.165, 1.54) is 0 Å². The second kappa shape index (κ2) is 5.28. The van der Waals surface area contributed by atoms with Crippen molar-refractivity contribution in [2.45, 2.75) is 45.6 Å². The largest absolute Gasteiger partial charge is 0.398 e. The Balaban J connectivity index is 3.21. The highest BCUT2D eigenvalue weighted by atomic mass is 32.2. The number of aryl methyl sites for hydroxylation is 1. The Bertz CT molecular complexity index is 536. The van der Waals surface area contributed by atoms with E-state index in [0.717, 1.165) is 5.56 Å². The lowest BCUT2D eigenvalue weighted by Crippen LogP contribution is -2.36. The normalized spacial score (nSPS) is 13.9. The lowest BCUT2D eigenvalue weighted by atomic mass is 10.1. The average molecular weight is 270 g/mol. The minimum absolute atomic E-state index is 0.115. The topological polar surface area (TPSA) is 72.2 Å². The summed E-state index contributed by atoms with van der Waals surface area (Å²) in [5.74, 6) is 0.238. The third-order valence-corrected chi connectivity index (χ3v) is 4.86. The summed E-state index contributed by atoms with van der Waals surface area (Å²) in [6.07, 6.45) is 0. The number of hydrogen-bond acceptors (Lipinski definition) is 3. The first kappa shape index (κ1) is 15.0. The molecule has 0 fully saturated rings. The van der Waals surface area contributed by atoms with E-state index in [9.17, 15) is 8.42 Å². The monoisotopic (exact) mass is 270 g/mol. The lowest BCUT2D eigenvalue weighted by molar-refractivity contribution is 0.476. The molecule has 0 heterocycles. The summed E-state index contributed by atoms with van der Waals surface area (Å²) in [6.45, 7) is 9.37. The van der Waals surface area contributed by atoms with Crippen LogP contribution in [0.1, 0.15) is 31.9 Å². The van der Waals surface area contributed by atoms with Crippen LogP contribution < -0.4 is 10.5 Å². The highest BCUT2D eigenvalue weighted by Gasteiger charge is 2.22. The van der Waals surface area contributed by atoms with Crippen molar-refractivity contribution in [3.8, 4) is 0 Å². The molecule has 0 aliphatic carbocycles. The van der Waals surface area contributed by atoms with Gasteiger partial charge in [0.05, 0.1) is 4.90 Å². The van der Waals surface area contributed by atoms with Crippen LogP contribution in [0.15, 0.2) is 17.0 Å². The molecule has 1 unspecified atom stereocenters. The summed E-state index contributed by atoms with van der Waals surface area (Å²) >= 11 is 0. The maximum absolute atomic E-state index is 12.3. The Hall–Kier alpha value is -1.07. The number of nitrogen functional groups attached to an aromatic ring is 1. The maximum Gasteiger partial charge on any atom is 0.241 e. The molecule has 0 saturated heterocycles. The molecule has 0 aliphatic rings. The fourth-order valence-corrected chi connectivity index (χ4v) is 3.33. The number of nitrogens with two attached hydrogens (primary N) is 1. The van der Waals surface area contributed by atoms with E-state index in [4.69, 9.17) is 5.73 Å². The van der Waals surface area contributed by atoms with Crippen molar-refractivity contribution in [1.82, 2.24) is 4.72 Å². The predicted octanol–water partition coefficient (Wildman–Crippen LogP) is 2.21. The molecular weight excluding hydrogens is 248 g/mol. The number of nitrogens with one attached hydrogen (secondary N) is 1. The number of sulfonamides is 1. The van der Waals surface area contributed by atoms with Crippen LogP contribution in [-0.2, 0) is 10.0 Å². The predicted molar refractivity (Wildman–Crippen MR) is 74.9 cm³/mol. The molecule has 5 heteroatoms. The van der Waals surface area contributed by atoms with E-state index >= 15 is 0 Å². The number of benzene rings is 1. The lowest BCUT2D eigenvalue weighted by Gasteiger charge is -2.19. The third-order valence-electron chi connectivity index (χ3n) is 3.18. The zero-order chi connectivity index (χ0) is 14.1. The number of anilines is 1. The van der Waals surface area contributed by atoms with E-state index in [1.807, 2.05) is 27.7 Å². The molecule has 0 spiro atoms. The second-order valence-corrected chi connectivity index (χ2v) is 6.81. The first-order valence-electron chi connectivity index (χ1n) is 6.04. The second-order valence-electron chi connectivity index (χ2n) is 5.13. The Morgan fingerprint density at radius 1 is 1.17 bits per heavy atom. The fraction of sp³-hybridized carbons (Fsp3) is 0.538. The van der Waals surface area contributed by atoms with Gasteiger partial charge in [0, 0.05) is 11.7 Å². The van der Waals surface area contributed by atoms with Gasteiger partial charge in [-0.1, -0.05) is 13.8 Å². The van der Waals surface area contributed by atoms with Crippen LogP contribution >= 0.6 is 0 Å². The Morgan fingerprint density at radius 3 is 2.22 bits per heavy atom. The van der Waals surface area contributed by atoms with E-state index in [1.54, 1.807) is 19.1 Å². The molecule has 4 nitrogen and oxygen atoms in total. The summed E-state index contributed by atoms with van der Waals surface area (Å²) in [6, 6.07) is 3.32. The molecule has 0 aromatic heterocycles. The van der Waals surface area contributed by atoms with Crippen LogP contribution in [-0.4, -0.2) is 14.5 Å².